The van der Waals surface area contributed by atoms with E-state index in [1.807, 2.05) is 25.1 Å². The van der Waals surface area contributed by atoms with E-state index in [0.717, 1.165) is 17.6 Å². The third-order valence-corrected chi connectivity index (χ3v) is 2.29. The lowest BCUT2D eigenvalue weighted by atomic mass is 10.1. The maximum absolute atomic E-state index is 13.4. The Morgan fingerprint density at radius 3 is 2.53 bits per heavy atom. The Labute approximate surface area is 88.5 Å². The quantitative estimate of drug-likeness (QED) is 0.739. The summed E-state index contributed by atoms with van der Waals surface area (Å²) in [6.07, 6.45) is 0.950. The molecule has 0 aliphatic heterocycles. The first kappa shape index (κ1) is 9.97. The molecule has 1 nitrogen and oxygen atoms in total. The average molecular weight is 204 g/mol. The first-order chi connectivity index (χ1) is 7.33. The number of hydrogen-bond donors (Lipinski definition) is 0. The van der Waals surface area contributed by atoms with Gasteiger partial charge in [-0.15, -0.1) is 0 Å². The second kappa shape index (κ2) is 4.30. The van der Waals surface area contributed by atoms with Gasteiger partial charge in [0, 0.05) is 10.8 Å². The molecule has 0 N–H and O–H groups in total. The first-order valence-electron chi connectivity index (χ1n) is 5.13. The van der Waals surface area contributed by atoms with Crippen LogP contribution in [0.4, 0.5) is 4.39 Å². The van der Waals surface area contributed by atoms with Crippen molar-refractivity contribution < 1.29 is 9.13 Å². The summed E-state index contributed by atoms with van der Waals surface area (Å²) in [5.41, 5.74) is 0. The summed E-state index contributed by atoms with van der Waals surface area (Å²) >= 11 is 0. The van der Waals surface area contributed by atoms with Crippen LogP contribution in [0.5, 0.6) is 5.75 Å². The molecule has 15 heavy (non-hydrogen) atoms. The number of halogens is 1. The molecule has 0 heterocycles. The van der Waals surface area contributed by atoms with Crippen LogP contribution in [0.25, 0.3) is 10.8 Å². The van der Waals surface area contributed by atoms with Gasteiger partial charge in [0.25, 0.3) is 0 Å². The van der Waals surface area contributed by atoms with Crippen molar-refractivity contribution in [2.24, 2.45) is 0 Å². The zero-order chi connectivity index (χ0) is 10.7. The highest BCUT2D eigenvalue weighted by Crippen LogP contribution is 2.27. The molecule has 0 aliphatic rings. The summed E-state index contributed by atoms with van der Waals surface area (Å²) in [6, 6.07) is 10.5. The lowest BCUT2D eigenvalue weighted by molar-refractivity contribution is 0.321. The summed E-state index contributed by atoms with van der Waals surface area (Å²) in [5, 5.41) is 1.46. The van der Waals surface area contributed by atoms with Gasteiger partial charge < -0.3 is 4.74 Å². The molecular formula is C13H13FO. The Kier molecular flexibility index (Phi) is 2.86. The van der Waals surface area contributed by atoms with Crippen LogP contribution in [0.2, 0.25) is 0 Å². The number of ether oxygens (including phenoxy) is 1. The highest BCUT2D eigenvalue weighted by Gasteiger charge is 2.05. The molecule has 0 amide bonds. The maximum Gasteiger partial charge on any atom is 0.131 e. The second-order valence-electron chi connectivity index (χ2n) is 3.44. The van der Waals surface area contributed by atoms with E-state index in [1.165, 1.54) is 6.07 Å². The number of fused-ring (bicyclic) bond motifs is 1. The van der Waals surface area contributed by atoms with Gasteiger partial charge >= 0.3 is 0 Å². The van der Waals surface area contributed by atoms with E-state index >= 15 is 0 Å². The van der Waals surface area contributed by atoms with E-state index in [-0.39, 0.29) is 5.82 Å². The van der Waals surface area contributed by atoms with Crippen molar-refractivity contribution in [3.63, 3.8) is 0 Å². The molecule has 0 unspecified atom stereocenters. The molecule has 2 rings (SSSR count). The molecule has 0 fully saturated rings. The standard InChI is InChI=1S/C13H13FO/c1-2-9-15-13-8-7-12(14)10-5-3-4-6-11(10)13/h3-8H,2,9H2,1H3. The fourth-order valence-corrected chi connectivity index (χ4v) is 1.57. The van der Waals surface area contributed by atoms with E-state index in [9.17, 15) is 4.39 Å². The van der Waals surface area contributed by atoms with Gasteiger partial charge in [-0.05, 0) is 18.6 Å². The molecule has 0 aromatic heterocycles. The molecule has 2 aromatic rings. The van der Waals surface area contributed by atoms with Gasteiger partial charge in [0.2, 0.25) is 0 Å². The van der Waals surface area contributed by atoms with Crippen LogP contribution in [0.1, 0.15) is 13.3 Å². The van der Waals surface area contributed by atoms with E-state index in [4.69, 9.17) is 4.74 Å². The van der Waals surface area contributed by atoms with Gasteiger partial charge in [-0.3, -0.25) is 0 Å². The van der Waals surface area contributed by atoms with E-state index < -0.39 is 0 Å². The molecule has 0 radical (unpaired) electrons. The van der Waals surface area contributed by atoms with Crippen LogP contribution >= 0.6 is 0 Å². The number of rotatable bonds is 3. The summed E-state index contributed by atoms with van der Waals surface area (Å²) in [6.45, 7) is 2.71. The molecule has 0 atom stereocenters. The number of benzene rings is 2. The van der Waals surface area contributed by atoms with Crippen molar-refractivity contribution in [2.45, 2.75) is 13.3 Å². The predicted molar refractivity (Wildman–Crippen MR) is 59.7 cm³/mol. The molecule has 0 bridgehead atoms. The van der Waals surface area contributed by atoms with Gasteiger partial charge in [0.1, 0.15) is 11.6 Å². The summed E-state index contributed by atoms with van der Waals surface area (Å²) < 4.78 is 19.0. The smallest absolute Gasteiger partial charge is 0.131 e. The SMILES string of the molecule is CCCOc1ccc(F)c2ccccc12. The highest BCUT2D eigenvalue weighted by atomic mass is 19.1. The van der Waals surface area contributed by atoms with Crippen LogP contribution in [0.3, 0.4) is 0 Å². The van der Waals surface area contributed by atoms with Crippen molar-refractivity contribution in [1.29, 1.82) is 0 Å². The average Bonchev–Trinajstić information content (AvgIpc) is 2.29. The first-order valence-corrected chi connectivity index (χ1v) is 5.13. The Morgan fingerprint density at radius 1 is 1.07 bits per heavy atom. The third kappa shape index (κ3) is 1.94. The van der Waals surface area contributed by atoms with Crippen molar-refractivity contribution in [3.05, 3.63) is 42.2 Å². The third-order valence-electron chi connectivity index (χ3n) is 2.29. The van der Waals surface area contributed by atoms with Crippen LogP contribution in [-0.4, -0.2) is 6.61 Å². The molecule has 0 aliphatic carbocycles. The summed E-state index contributed by atoms with van der Waals surface area (Å²) in [7, 11) is 0. The van der Waals surface area contributed by atoms with Crippen molar-refractivity contribution in [2.75, 3.05) is 6.61 Å². The molecule has 78 valence electrons. The number of hydrogen-bond acceptors (Lipinski definition) is 1. The van der Waals surface area contributed by atoms with Gasteiger partial charge in [-0.25, -0.2) is 4.39 Å². The minimum absolute atomic E-state index is 0.200. The zero-order valence-corrected chi connectivity index (χ0v) is 8.66. The Hall–Kier alpha value is -1.57. The van der Waals surface area contributed by atoms with Gasteiger partial charge in [0.05, 0.1) is 6.61 Å². The largest absolute Gasteiger partial charge is 0.493 e. The van der Waals surface area contributed by atoms with Crippen LogP contribution in [0.15, 0.2) is 36.4 Å². The lowest BCUT2D eigenvalue weighted by Gasteiger charge is -2.08. The monoisotopic (exact) mass is 204 g/mol. The van der Waals surface area contributed by atoms with Crippen LogP contribution < -0.4 is 4.74 Å². The van der Waals surface area contributed by atoms with Crippen molar-refractivity contribution >= 4 is 10.8 Å². The second-order valence-corrected chi connectivity index (χ2v) is 3.44. The Balaban J connectivity index is 2.51. The summed E-state index contributed by atoms with van der Waals surface area (Å²) in [5.74, 6) is 0.559. The van der Waals surface area contributed by atoms with Gasteiger partial charge in [-0.1, -0.05) is 31.2 Å². The van der Waals surface area contributed by atoms with Crippen LogP contribution in [0, 0.1) is 5.82 Å². The zero-order valence-electron chi connectivity index (χ0n) is 8.66. The minimum Gasteiger partial charge on any atom is -0.493 e. The van der Waals surface area contributed by atoms with Crippen molar-refractivity contribution in [1.82, 2.24) is 0 Å². The predicted octanol–water partition coefficient (Wildman–Crippen LogP) is 3.77. The van der Waals surface area contributed by atoms with E-state index in [1.54, 1.807) is 12.1 Å². The lowest BCUT2D eigenvalue weighted by Crippen LogP contribution is -1.96. The van der Waals surface area contributed by atoms with Gasteiger partial charge in [-0.2, -0.15) is 0 Å². The molecule has 0 saturated heterocycles. The van der Waals surface area contributed by atoms with Gasteiger partial charge in [0.15, 0.2) is 0 Å². The molecule has 0 saturated carbocycles. The maximum atomic E-state index is 13.4. The Bertz CT molecular complexity index is 465. The molecule has 2 aromatic carbocycles. The minimum atomic E-state index is -0.200. The fraction of sp³-hybridized carbons (Fsp3) is 0.231. The molecule has 0 spiro atoms. The summed E-state index contributed by atoms with van der Waals surface area (Å²) in [4.78, 5) is 0. The Morgan fingerprint density at radius 2 is 1.80 bits per heavy atom. The van der Waals surface area contributed by atoms with Crippen molar-refractivity contribution in [3.8, 4) is 5.75 Å². The normalized spacial score (nSPS) is 10.5. The topological polar surface area (TPSA) is 9.23 Å². The van der Waals surface area contributed by atoms with E-state index in [2.05, 4.69) is 0 Å². The van der Waals surface area contributed by atoms with Crippen LogP contribution in [-0.2, 0) is 0 Å². The molecular weight excluding hydrogens is 191 g/mol. The van der Waals surface area contributed by atoms with E-state index in [0.29, 0.717) is 12.0 Å². The molecule has 2 heteroatoms. The fourth-order valence-electron chi connectivity index (χ4n) is 1.57. The highest BCUT2D eigenvalue weighted by molar-refractivity contribution is 5.88.